The molecular formula is C14H17ClN4O. The monoisotopic (exact) mass is 292 g/mol. The van der Waals surface area contributed by atoms with E-state index in [-0.39, 0.29) is 18.3 Å². The largest absolute Gasteiger partial charge is 0.385 e. The summed E-state index contributed by atoms with van der Waals surface area (Å²) in [6, 6.07) is 5.96. The molecule has 5 nitrogen and oxygen atoms in total. The number of aryl methyl sites for hydroxylation is 2. The van der Waals surface area contributed by atoms with E-state index in [1.54, 1.807) is 17.1 Å². The second-order valence-electron chi connectivity index (χ2n) is 4.78. The highest BCUT2D eigenvalue weighted by Crippen LogP contribution is 2.25. The second kappa shape index (κ2) is 5.96. The molecule has 0 saturated heterocycles. The standard InChI is InChI=1S/C14H16N4O.ClH/c1-18-8-13(16-9-18)14(19)17-11-4-5-12-10(7-11)3-2-6-15-12;/h4-5,7-9,15H,2-3,6H2,1H3,(H,17,19);1H. The Morgan fingerprint density at radius 3 is 3.05 bits per heavy atom. The minimum absolute atomic E-state index is 0. The van der Waals surface area contributed by atoms with Crippen molar-refractivity contribution in [3.05, 3.63) is 42.0 Å². The summed E-state index contributed by atoms with van der Waals surface area (Å²) in [4.78, 5) is 16.0. The van der Waals surface area contributed by atoms with Gasteiger partial charge in [-0.25, -0.2) is 4.98 Å². The Morgan fingerprint density at radius 2 is 2.30 bits per heavy atom. The van der Waals surface area contributed by atoms with Crippen molar-refractivity contribution in [2.24, 2.45) is 7.05 Å². The predicted octanol–water partition coefficient (Wildman–Crippen LogP) is 2.45. The van der Waals surface area contributed by atoms with Crippen molar-refractivity contribution >= 4 is 29.7 Å². The van der Waals surface area contributed by atoms with Crippen LogP contribution in [-0.2, 0) is 13.5 Å². The van der Waals surface area contributed by atoms with Gasteiger partial charge in [-0.2, -0.15) is 0 Å². The summed E-state index contributed by atoms with van der Waals surface area (Å²) in [6.07, 6.45) is 5.50. The molecule has 20 heavy (non-hydrogen) atoms. The van der Waals surface area contributed by atoms with Crippen molar-refractivity contribution in [3.63, 3.8) is 0 Å². The Bertz CT molecular complexity index is 623. The smallest absolute Gasteiger partial charge is 0.275 e. The molecule has 6 heteroatoms. The third-order valence-corrected chi connectivity index (χ3v) is 3.24. The van der Waals surface area contributed by atoms with Gasteiger partial charge in [-0.05, 0) is 36.6 Å². The van der Waals surface area contributed by atoms with E-state index in [1.165, 1.54) is 11.3 Å². The van der Waals surface area contributed by atoms with Crippen molar-refractivity contribution in [2.75, 3.05) is 17.2 Å². The molecule has 1 aliphatic rings. The zero-order valence-corrected chi connectivity index (χ0v) is 12.0. The molecule has 2 aromatic rings. The number of fused-ring (bicyclic) bond motifs is 1. The summed E-state index contributed by atoms with van der Waals surface area (Å²) in [5, 5.41) is 6.23. The fourth-order valence-electron chi connectivity index (χ4n) is 2.28. The van der Waals surface area contributed by atoms with Gasteiger partial charge in [0.2, 0.25) is 0 Å². The average molecular weight is 293 g/mol. The Labute approximate surface area is 123 Å². The lowest BCUT2D eigenvalue weighted by Crippen LogP contribution is -2.15. The van der Waals surface area contributed by atoms with Crippen LogP contribution in [0.2, 0.25) is 0 Å². The summed E-state index contributed by atoms with van der Waals surface area (Å²) < 4.78 is 1.76. The number of nitrogens with zero attached hydrogens (tertiary/aromatic N) is 2. The minimum Gasteiger partial charge on any atom is -0.385 e. The summed E-state index contributed by atoms with van der Waals surface area (Å²) in [5.74, 6) is -0.177. The Morgan fingerprint density at radius 1 is 1.45 bits per heavy atom. The fourth-order valence-corrected chi connectivity index (χ4v) is 2.28. The van der Waals surface area contributed by atoms with Gasteiger partial charge < -0.3 is 15.2 Å². The molecule has 0 aliphatic carbocycles. The first-order chi connectivity index (χ1) is 9.22. The number of hydrogen-bond acceptors (Lipinski definition) is 3. The molecule has 1 aliphatic heterocycles. The molecule has 0 bridgehead atoms. The number of imidazole rings is 1. The van der Waals surface area contributed by atoms with E-state index in [1.807, 2.05) is 25.2 Å². The highest BCUT2D eigenvalue weighted by atomic mass is 35.5. The number of aromatic nitrogens is 2. The maximum Gasteiger partial charge on any atom is 0.275 e. The minimum atomic E-state index is -0.177. The number of nitrogens with one attached hydrogen (secondary N) is 2. The maximum atomic E-state index is 12.0. The maximum absolute atomic E-state index is 12.0. The number of benzene rings is 1. The lowest BCUT2D eigenvalue weighted by Gasteiger charge is -2.18. The average Bonchev–Trinajstić information content (AvgIpc) is 2.85. The van der Waals surface area contributed by atoms with Crippen molar-refractivity contribution < 1.29 is 4.79 Å². The van der Waals surface area contributed by atoms with Crippen molar-refractivity contribution in [1.29, 1.82) is 0 Å². The normalized spacial score (nSPS) is 12.8. The van der Waals surface area contributed by atoms with Crippen LogP contribution in [0.15, 0.2) is 30.7 Å². The van der Waals surface area contributed by atoms with Crippen molar-refractivity contribution in [3.8, 4) is 0 Å². The first-order valence-corrected chi connectivity index (χ1v) is 6.38. The molecule has 3 rings (SSSR count). The lowest BCUT2D eigenvalue weighted by molar-refractivity contribution is 0.102. The number of hydrogen-bond donors (Lipinski definition) is 2. The number of rotatable bonds is 2. The van der Waals surface area contributed by atoms with Crippen LogP contribution in [0.4, 0.5) is 11.4 Å². The van der Waals surface area contributed by atoms with Crippen LogP contribution < -0.4 is 10.6 Å². The lowest BCUT2D eigenvalue weighted by atomic mass is 10.0. The first-order valence-electron chi connectivity index (χ1n) is 6.38. The number of carbonyl (C=O) groups excluding carboxylic acids is 1. The van der Waals surface area contributed by atoms with Gasteiger partial charge >= 0.3 is 0 Å². The molecule has 0 unspecified atom stereocenters. The zero-order valence-electron chi connectivity index (χ0n) is 11.2. The zero-order chi connectivity index (χ0) is 13.2. The van der Waals surface area contributed by atoms with Gasteiger partial charge in [0.25, 0.3) is 5.91 Å². The Kier molecular flexibility index (Phi) is 4.29. The number of anilines is 2. The van der Waals surface area contributed by atoms with E-state index in [0.717, 1.165) is 25.1 Å². The molecular weight excluding hydrogens is 276 g/mol. The molecule has 1 aromatic carbocycles. The van der Waals surface area contributed by atoms with Gasteiger partial charge in [0.15, 0.2) is 0 Å². The topological polar surface area (TPSA) is 59.0 Å². The molecule has 0 atom stereocenters. The summed E-state index contributed by atoms with van der Waals surface area (Å²) in [7, 11) is 1.84. The molecule has 2 N–H and O–H groups in total. The van der Waals surface area contributed by atoms with Crippen molar-refractivity contribution in [1.82, 2.24) is 9.55 Å². The third kappa shape index (κ3) is 2.93. The van der Waals surface area contributed by atoms with Crippen molar-refractivity contribution in [2.45, 2.75) is 12.8 Å². The number of halogens is 1. The molecule has 0 saturated carbocycles. The number of carbonyl (C=O) groups is 1. The molecule has 2 heterocycles. The fraction of sp³-hybridized carbons (Fsp3) is 0.286. The van der Waals surface area contributed by atoms with Gasteiger partial charge in [-0.1, -0.05) is 0 Å². The van der Waals surface area contributed by atoms with Crippen LogP contribution in [0.25, 0.3) is 0 Å². The molecule has 0 fully saturated rings. The third-order valence-electron chi connectivity index (χ3n) is 3.24. The summed E-state index contributed by atoms with van der Waals surface area (Å²) in [6.45, 7) is 1.02. The van der Waals surface area contributed by atoms with E-state index >= 15 is 0 Å². The van der Waals surface area contributed by atoms with Crippen LogP contribution in [0.3, 0.4) is 0 Å². The van der Waals surface area contributed by atoms with E-state index < -0.39 is 0 Å². The molecule has 1 amide bonds. The van der Waals surface area contributed by atoms with E-state index in [0.29, 0.717) is 5.69 Å². The van der Waals surface area contributed by atoms with E-state index in [2.05, 4.69) is 15.6 Å². The Balaban J connectivity index is 0.00000147. The van der Waals surface area contributed by atoms with Gasteiger partial charge in [-0.3, -0.25) is 4.79 Å². The van der Waals surface area contributed by atoms with Crippen LogP contribution in [0, 0.1) is 0 Å². The van der Waals surface area contributed by atoms with Gasteiger partial charge in [-0.15, -0.1) is 12.4 Å². The van der Waals surface area contributed by atoms with Crippen LogP contribution >= 0.6 is 12.4 Å². The van der Waals surface area contributed by atoms with E-state index in [9.17, 15) is 4.79 Å². The first kappa shape index (κ1) is 14.4. The van der Waals surface area contributed by atoms with Gasteiger partial charge in [0.05, 0.1) is 6.33 Å². The van der Waals surface area contributed by atoms with Crippen LogP contribution in [-0.4, -0.2) is 22.0 Å². The van der Waals surface area contributed by atoms with Crippen LogP contribution in [0.1, 0.15) is 22.5 Å². The molecule has 0 radical (unpaired) electrons. The Hall–Kier alpha value is -2.01. The van der Waals surface area contributed by atoms with Crippen LogP contribution in [0.5, 0.6) is 0 Å². The van der Waals surface area contributed by atoms with E-state index in [4.69, 9.17) is 0 Å². The highest BCUT2D eigenvalue weighted by molar-refractivity contribution is 6.02. The quantitative estimate of drug-likeness (QED) is 0.894. The molecule has 0 spiro atoms. The summed E-state index contributed by atoms with van der Waals surface area (Å²) >= 11 is 0. The highest BCUT2D eigenvalue weighted by Gasteiger charge is 2.12. The molecule has 106 valence electrons. The number of amides is 1. The summed E-state index contributed by atoms with van der Waals surface area (Å²) in [5.41, 5.74) is 3.67. The predicted molar refractivity (Wildman–Crippen MR) is 81.7 cm³/mol. The van der Waals surface area contributed by atoms with Gasteiger partial charge in [0.1, 0.15) is 5.69 Å². The second-order valence-corrected chi connectivity index (χ2v) is 4.78. The SMILES string of the molecule is Cl.Cn1cnc(C(=O)Nc2ccc3c(c2)CCCN3)c1. The molecule has 1 aromatic heterocycles. The van der Waals surface area contributed by atoms with Gasteiger partial charge in [0, 0.05) is 31.2 Å².